The summed E-state index contributed by atoms with van der Waals surface area (Å²) in [6.07, 6.45) is 0.731. The molecule has 1 amide bonds. The third kappa shape index (κ3) is 5.82. The van der Waals surface area contributed by atoms with Crippen molar-refractivity contribution in [3.8, 4) is 0 Å². The number of carbonyl (C=O) groups is 2. The molecule has 0 saturated carbocycles. The lowest BCUT2D eigenvalue weighted by molar-refractivity contribution is -0.139. The fourth-order valence-electron chi connectivity index (χ4n) is 3.76. The maximum Gasteiger partial charge on any atom is 0.407 e. The summed E-state index contributed by atoms with van der Waals surface area (Å²) in [5, 5.41) is 12.3. The molecule has 6 nitrogen and oxygen atoms in total. The van der Waals surface area contributed by atoms with E-state index in [4.69, 9.17) is 4.74 Å². The number of likely N-dealkylation sites (tertiary alicyclic amines) is 1. The molecular weight excluding hydrogens is 356 g/mol. The topological polar surface area (TPSA) is 78.9 Å². The molecule has 1 heterocycles. The Morgan fingerprint density at radius 1 is 1.04 bits per heavy atom. The van der Waals surface area contributed by atoms with Gasteiger partial charge in [-0.1, -0.05) is 60.7 Å². The first kappa shape index (κ1) is 19.9. The van der Waals surface area contributed by atoms with Crippen molar-refractivity contribution < 1.29 is 19.4 Å². The molecule has 0 bridgehead atoms. The van der Waals surface area contributed by atoms with Gasteiger partial charge in [-0.2, -0.15) is 0 Å². The van der Waals surface area contributed by atoms with Crippen LogP contribution >= 0.6 is 0 Å². The molecule has 1 aliphatic rings. The van der Waals surface area contributed by atoms with E-state index in [2.05, 4.69) is 22.3 Å². The van der Waals surface area contributed by atoms with Gasteiger partial charge in [0.1, 0.15) is 6.61 Å². The maximum absolute atomic E-state index is 12.4. The van der Waals surface area contributed by atoms with Crippen LogP contribution in [0.4, 0.5) is 4.79 Å². The van der Waals surface area contributed by atoms with Crippen molar-refractivity contribution in [2.45, 2.75) is 38.0 Å². The van der Waals surface area contributed by atoms with Crippen LogP contribution in [0.2, 0.25) is 0 Å². The lowest BCUT2D eigenvalue weighted by Gasteiger charge is -2.42. The molecule has 1 unspecified atom stereocenters. The highest BCUT2D eigenvalue weighted by atomic mass is 16.5. The second kappa shape index (κ2) is 9.37. The number of carboxylic acid groups (broad SMARTS) is 1. The highest BCUT2D eigenvalue weighted by Crippen LogP contribution is 2.26. The van der Waals surface area contributed by atoms with Crippen LogP contribution < -0.4 is 5.32 Å². The Balaban J connectivity index is 1.63. The van der Waals surface area contributed by atoms with Gasteiger partial charge in [0.2, 0.25) is 0 Å². The van der Waals surface area contributed by atoms with E-state index >= 15 is 0 Å². The number of hydrogen-bond donors (Lipinski definition) is 2. The zero-order valence-corrected chi connectivity index (χ0v) is 15.8. The van der Waals surface area contributed by atoms with Crippen LogP contribution in [-0.2, 0) is 22.7 Å². The third-order valence-corrected chi connectivity index (χ3v) is 4.97. The van der Waals surface area contributed by atoms with Gasteiger partial charge in [-0.05, 0) is 30.5 Å². The van der Waals surface area contributed by atoms with Gasteiger partial charge < -0.3 is 15.2 Å². The highest BCUT2D eigenvalue weighted by Gasteiger charge is 2.39. The number of ether oxygens (including phenoxy) is 1. The molecule has 148 valence electrons. The minimum atomic E-state index is -0.926. The Labute approximate surface area is 165 Å². The number of nitrogens with zero attached hydrogens (tertiary/aromatic N) is 1. The molecule has 2 aromatic carbocycles. The fraction of sp³-hybridized carbons (Fsp3) is 0.364. The highest BCUT2D eigenvalue weighted by molar-refractivity contribution is 5.73. The van der Waals surface area contributed by atoms with Crippen molar-refractivity contribution in [3.63, 3.8) is 0 Å². The Bertz CT molecular complexity index is 782. The molecule has 6 heteroatoms. The lowest BCUT2D eigenvalue weighted by atomic mass is 9.85. The van der Waals surface area contributed by atoms with Crippen LogP contribution in [0.15, 0.2) is 60.7 Å². The van der Waals surface area contributed by atoms with Crippen LogP contribution in [0, 0.1) is 0 Å². The molecule has 1 atom stereocenters. The van der Waals surface area contributed by atoms with Crippen LogP contribution in [0.25, 0.3) is 0 Å². The number of amides is 1. The summed E-state index contributed by atoms with van der Waals surface area (Å²) in [4.78, 5) is 26.1. The van der Waals surface area contributed by atoms with Crippen molar-refractivity contribution in [2.75, 3.05) is 13.1 Å². The van der Waals surface area contributed by atoms with Crippen molar-refractivity contribution >= 4 is 12.1 Å². The summed E-state index contributed by atoms with van der Waals surface area (Å²) in [6.45, 7) is 2.23. The predicted molar refractivity (Wildman–Crippen MR) is 106 cm³/mol. The minimum Gasteiger partial charge on any atom is -0.481 e. The number of carboxylic acids is 1. The van der Waals surface area contributed by atoms with E-state index < -0.39 is 17.6 Å². The van der Waals surface area contributed by atoms with Gasteiger partial charge in [-0.15, -0.1) is 0 Å². The van der Waals surface area contributed by atoms with E-state index in [-0.39, 0.29) is 13.0 Å². The van der Waals surface area contributed by atoms with Gasteiger partial charge >= 0.3 is 12.1 Å². The number of nitrogens with one attached hydrogen (secondary N) is 1. The predicted octanol–water partition coefficient (Wildman–Crippen LogP) is 3.42. The Morgan fingerprint density at radius 3 is 2.32 bits per heavy atom. The van der Waals surface area contributed by atoms with E-state index in [1.807, 2.05) is 48.5 Å². The van der Waals surface area contributed by atoms with Gasteiger partial charge in [-0.3, -0.25) is 9.69 Å². The molecule has 2 N–H and O–H groups in total. The number of hydrogen-bond acceptors (Lipinski definition) is 4. The number of alkyl carbamates (subject to hydrolysis) is 1. The molecule has 1 saturated heterocycles. The molecule has 0 aliphatic carbocycles. The zero-order chi connectivity index (χ0) is 19.8. The lowest BCUT2D eigenvalue weighted by Crippen LogP contribution is -2.59. The fourth-order valence-corrected chi connectivity index (χ4v) is 3.76. The first-order valence-corrected chi connectivity index (χ1v) is 9.52. The van der Waals surface area contributed by atoms with Gasteiger partial charge in [0.15, 0.2) is 0 Å². The molecule has 1 aliphatic heterocycles. The van der Waals surface area contributed by atoms with E-state index in [0.717, 1.165) is 25.1 Å². The average molecular weight is 382 g/mol. The Hall–Kier alpha value is -2.86. The summed E-state index contributed by atoms with van der Waals surface area (Å²) in [5.41, 5.74) is 1.23. The monoisotopic (exact) mass is 382 g/mol. The number of benzene rings is 2. The molecule has 1 fully saturated rings. The van der Waals surface area contributed by atoms with Crippen molar-refractivity contribution in [2.24, 2.45) is 0 Å². The normalized spacial score (nSPS) is 19.7. The van der Waals surface area contributed by atoms with E-state index in [9.17, 15) is 14.7 Å². The van der Waals surface area contributed by atoms with E-state index in [1.54, 1.807) is 0 Å². The van der Waals surface area contributed by atoms with Crippen molar-refractivity contribution in [1.29, 1.82) is 0 Å². The zero-order valence-electron chi connectivity index (χ0n) is 15.8. The number of aliphatic carboxylic acids is 1. The molecular formula is C22H26N2O4. The maximum atomic E-state index is 12.4. The van der Waals surface area contributed by atoms with Crippen LogP contribution in [-0.4, -0.2) is 40.7 Å². The van der Waals surface area contributed by atoms with Crippen molar-refractivity contribution in [1.82, 2.24) is 10.2 Å². The number of piperidine rings is 1. The second-order valence-corrected chi connectivity index (χ2v) is 7.34. The van der Waals surface area contributed by atoms with Gasteiger partial charge in [-0.25, -0.2) is 4.79 Å². The standard InChI is InChI=1S/C22H26N2O4/c25-20(26)14-22(23-21(27)28-16-19-10-5-2-6-11-19)12-7-13-24(17-22)15-18-8-3-1-4-9-18/h1-6,8-11H,7,12-17H2,(H,23,27)(H,25,26). The molecule has 0 radical (unpaired) electrons. The summed E-state index contributed by atoms with van der Waals surface area (Å²) in [6, 6.07) is 19.5. The van der Waals surface area contributed by atoms with Gasteiger partial charge in [0.05, 0.1) is 12.0 Å². The Morgan fingerprint density at radius 2 is 1.68 bits per heavy atom. The van der Waals surface area contributed by atoms with Crippen LogP contribution in [0.3, 0.4) is 0 Å². The molecule has 3 rings (SSSR count). The van der Waals surface area contributed by atoms with E-state index in [0.29, 0.717) is 13.0 Å². The minimum absolute atomic E-state index is 0.126. The van der Waals surface area contributed by atoms with Gasteiger partial charge in [0, 0.05) is 13.1 Å². The smallest absolute Gasteiger partial charge is 0.407 e. The first-order chi connectivity index (χ1) is 13.5. The summed E-state index contributed by atoms with van der Waals surface area (Å²) in [5.74, 6) is -0.926. The van der Waals surface area contributed by atoms with Crippen LogP contribution in [0.5, 0.6) is 0 Å². The quantitative estimate of drug-likeness (QED) is 0.767. The molecule has 0 spiro atoms. The number of carbonyl (C=O) groups excluding carboxylic acids is 1. The SMILES string of the molecule is O=C(O)CC1(NC(=O)OCc2ccccc2)CCCN(Cc2ccccc2)C1. The van der Waals surface area contributed by atoms with Crippen molar-refractivity contribution in [3.05, 3.63) is 71.8 Å². The summed E-state index contributed by atoms with van der Waals surface area (Å²) >= 11 is 0. The largest absolute Gasteiger partial charge is 0.481 e. The van der Waals surface area contributed by atoms with Gasteiger partial charge in [0.25, 0.3) is 0 Å². The third-order valence-electron chi connectivity index (χ3n) is 4.97. The van der Waals surface area contributed by atoms with E-state index in [1.165, 1.54) is 5.56 Å². The molecule has 0 aromatic heterocycles. The second-order valence-electron chi connectivity index (χ2n) is 7.34. The van der Waals surface area contributed by atoms with Crippen LogP contribution in [0.1, 0.15) is 30.4 Å². The first-order valence-electron chi connectivity index (χ1n) is 9.52. The number of rotatable bonds is 7. The molecule has 2 aromatic rings. The Kier molecular flexibility index (Phi) is 6.66. The summed E-state index contributed by atoms with van der Waals surface area (Å²) < 4.78 is 5.33. The summed E-state index contributed by atoms with van der Waals surface area (Å²) in [7, 11) is 0. The molecule has 28 heavy (non-hydrogen) atoms. The average Bonchev–Trinajstić information content (AvgIpc) is 2.67.